The quantitative estimate of drug-likeness (QED) is 0.929. The van der Waals surface area contributed by atoms with Crippen molar-refractivity contribution in [2.75, 3.05) is 5.32 Å². The molecule has 82 valence electrons. The Bertz CT molecular complexity index is 471. The highest BCUT2D eigenvalue weighted by molar-refractivity contribution is 9.10. The number of aromatic nitrogens is 1. The second-order valence-corrected chi connectivity index (χ2v) is 4.26. The van der Waals surface area contributed by atoms with Crippen molar-refractivity contribution >= 4 is 21.7 Å². The Labute approximate surface area is 102 Å². The number of nitrogens with one attached hydrogen (secondary N) is 1. The fourth-order valence-corrected chi connectivity index (χ4v) is 1.55. The van der Waals surface area contributed by atoms with Crippen molar-refractivity contribution in [2.24, 2.45) is 0 Å². The van der Waals surface area contributed by atoms with Gasteiger partial charge in [0.25, 0.3) is 0 Å². The monoisotopic (exact) mass is 280 g/mol. The lowest BCUT2D eigenvalue weighted by atomic mass is 10.2. The van der Waals surface area contributed by atoms with E-state index in [4.69, 9.17) is 0 Å². The third kappa shape index (κ3) is 3.03. The first-order chi connectivity index (χ1) is 7.74. The lowest BCUT2D eigenvalue weighted by Gasteiger charge is -2.05. The molecule has 0 spiro atoms. The summed E-state index contributed by atoms with van der Waals surface area (Å²) in [6, 6.07) is 10.3. The number of pyridine rings is 1. The highest BCUT2D eigenvalue weighted by atomic mass is 79.9. The largest absolute Gasteiger partial charge is 0.366 e. The highest BCUT2D eigenvalue weighted by Gasteiger charge is 1.96. The van der Waals surface area contributed by atoms with Crippen molar-refractivity contribution in [2.45, 2.75) is 6.54 Å². The van der Waals surface area contributed by atoms with E-state index in [1.807, 2.05) is 18.2 Å². The molecule has 0 saturated carbocycles. The molecule has 0 aliphatic heterocycles. The topological polar surface area (TPSA) is 24.9 Å². The van der Waals surface area contributed by atoms with Crippen LogP contribution in [-0.2, 0) is 6.54 Å². The van der Waals surface area contributed by atoms with E-state index in [1.165, 1.54) is 12.1 Å². The molecule has 0 aliphatic carbocycles. The molecule has 2 rings (SSSR count). The van der Waals surface area contributed by atoms with Crippen molar-refractivity contribution in [3.63, 3.8) is 0 Å². The summed E-state index contributed by atoms with van der Waals surface area (Å²) in [6.07, 6.45) is 1.72. The highest BCUT2D eigenvalue weighted by Crippen LogP contribution is 2.12. The van der Waals surface area contributed by atoms with E-state index in [-0.39, 0.29) is 5.82 Å². The fourth-order valence-electron chi connectivity index (χ4n) is 1.32. The third-order valence-corrected chi connectivity index (χ3v) is 2.56. The summed E-state index contributed by atoms with van der Waals surface area (Å²) in [7, 11) is 0. The second-order valence-electron chi connectivity index (χ2n) is 3.35. The molecule has 0 fully saturated rings. The summed E-state index contributed by atoms with van der Waals surface area (Å²) >= 11 is 3.31. The van der Waals surface area contributed by atoms with Crippen LogP contribution in [0.4, 0.5) is 10.2 Å². The van der Waals surface area contributed by atoms with Gasteiger partial charge in [-0.15, -0.1) is 0 Å². The van der Waals surface area contributed by atoms with Crippen LogP contribution in [0.25, 0.3) is 0 Å². The van der Waals surface area contributed by atoms with Crippen LogP contribution < -0.4 is 5.32 Å². The minimum Gasteiger partial charge on any atom is -0.366 e. The zero-order valence-corrected chi connectivity index (χ0v) is 10.0. The molecule has 16 heavy (non-hydrogen) atoms. The Morgan fingerprint density at radius 1 is 1.25 bits per heavy atom. The molecule has 4 heteroatoms. The number of hydrogen-bond donors (Lipinski definition) is 1. The van der Waals surface area contributed by atoms with Crippen molar-refractivity contribution < 1.29 is 4.39 Å². The number of benzene rings is 1. The molecule has 0 radical (unpaired) electrons. The molecule has 1 aromatic heterocycles. The summed E-state index contributed by atoms with van der Waals surface area (Å²) in [5.41, 5.74) is 0.893. The maximum Gasteiger partial charge on any atom is 0.126 e. The van der Waals surface area contributed by atoms with Gasteiger partial charge in [0.15, 0.2) is 0 Å². The van der Waals surface area contributed by atoms with Crippen molar-refractivity contribution in [3.05, 3.63) is 58.4 Å². The van der Waals surface area contributed by atoms with Crippen LogP contribution in [-0.4, -0.2) is 4.98 Å². The number of rotatable bonds is 3. The normalized spacial score (nSPS) is 10.1. The molecule has 2 nitrogen and oxygen atoms in total. The zero-order valence-electron chi connectivity index (χ0n) is 8.45. The van der Waals surface area contributed by atoms with E-state index in [0.29, 0.717) is 6.54 Å². The molecule has 0 amide bonds. The number of anilines is 1. The van der Waals surface area contributed by atoms with E-state index >= 15 is 0 Å². The molecule has 0 unspecified atom stereocenters. The molecule has 1 N–H and O–H groups in total. The Balaban J connectivity index is 1.99. The first-order valence-electron chi connectivity index (χ1n) is 4.84. The van der Waals surface area contributed by atoms with Gasteiger partial charge in [0.05, 0.1) is 0 Å². The van der Waals surface area contributed by atoms with Gasteiger partial charge < -0.3 is 5.32 Å². The molecule has 0 bridgehead atoms. The number of hydrogen-bond acceptors (Lipinski definition) is 2. The van der Waals surface area contributed by atoms with Crippen LogP contribution in [0, 0.1) is 5.82 Å². The van der Waals surface area contributed by atoms with Crippen LogP contribution in [0.3, 0.4) is 0 Å². The van der Waals surface area contributed by atoms with Crippen LogP contribution in [0.5, 0.6) is 0 Å². The van der Waals surface area contributed by atoms with Crippen LogP contribution >= 0.6 is 15.9 Å². The van der Waals surface area contributed by atoms with Crippen molar-refractivity contribution in [1.29, 1.82) is 0 Å². The summed E-state index contributed by atoms with van der Waals surface area (Å²) in [6.45, 7) is 0.562. The van der Waals surface area contributed by atoms with Gasteiger partial charge in [-0.3, -0.25) is 0 Å². The molecule has 2 aromatic rings. The maximum absolute atomic E-state index is 12.9. The van der Waals surface area contributed by atoms with Crippen LogP contribution in [0.15, 0.2) is 47.1 Å². The Hall–Kier alpha value is -1.42. The zero-order chi connectivity index (χ0) is 11.4. The summed E-state index contributed by atoms with van der Waals surface area (Å²) < 4.78 is 13.8. The SMILES string of the molecule is Fc1cccc(CNc2ccc(Br)cn2)c1. The van der Waals surface area contributed by atoms with Crippen LogP contribution in [0.1, 0.15) is 5.56 Å². The van der Waals surface area contributed by atoms with E-state index < -0.39 is 0 Å². The fraction of sp³-hybridized carbons (Fsp3) is 0.0833. The summed E-state index contributed by atoms with van der Waals surface area (Å²) in [5, 5.41) is 3.12. The molecular weight excluding hydrogens is 271 g/mol. The smallest absolute Gasteiger partial charge is 0.126 e. The lowest BCUT2D eigenvalue weighted by molar-refractivity contribution is 0.626. The summed E-state index contributed by atoms with van der Waals surface area (Å²) in [5.74, 6) is 0.551. The van der Waals surface area contributed by atoms with Gasteiger partial charge in [0, 0.05) is 17.2 Å². The van der Waals surface area contributed by atoms with Gasteiger partial charge in [-0.2, -0.15) is 0 Å². The minimum absolute atomic E-state index is 0.219. The van der Waals surface area contributed by atoms with Gasteiger partial charge in [0.2, 0.25) is 0 Å². The first-order valence-corrected chi connectivity index (χ1v) is 5.63. The number of halogens is 2. The molecule has 1 heterocycles. The maximum atomic E-state index is 12.9. The Morgan fingerprint density at radius 2 is 2.12 bits per heavy atom. The average molecular weight is 281 g/mol. The minimum atomic E-state index is -0.219. The lowest BCUT2D eigenvalue weighted by Crippen LogP contribution is -2.01. The van der Waals surface area contributed by atoms with Gasteiger partial charge in [-0.1, -0.05) is 12.1 Å². The average Bonchev–Trinajstić information content (AvgIpc) is 2.28. The van der Waals surface area contributed by atoms with Gasteiger partial charge in [0.1, 0.15) is 11.6 Å². The Kier molecular flexibility index (Phi) is 3.51. The van der Waals surface area contributed by atoms with Gasteiger partial charge >= 0.3 is 0 Å². The molecular formula is C12H10BrFN2. The molecule has 1 aromatic carbocycles. The second kappa shape index (κ2) is 5.07. The molecule has 0 saturated heterocycles. The van der Waals surface area contributed by atoms with Crippen molar-refractivity contribution in [1.82, 2.24) is 4.98 Å². The number of nitrogens with zero attached hydrogens (tertiary/aromatic N) is 1. The Morgan fingerprint density at radius 3 is 2.81 bits per heavy atom. The van der Waals surface area contributed by atoms with Gasteiger partial charge in [-0.25, -0.2) is 9.37 Å². The molecule has 0 atom stereocenters. The van der Waals surface area contributed by atoms with E-state index in [0.717, 1.165) is 15.9 Å². The molecule has 0 aliphatic rings. The standard InChI is InChI=1S/C12H10BrFN2/c13-10-4-5-12(16-8-10)15-7-9-2-1-3-11(14)6-9/h1-6,8H,7H2,(H,15,16). The predicted molar refractivity (Wildman–Crippen MR) is 65.7 cm³/mol. The van der Waals surface area contributed by atoms with Crippen LogP contribution in [0.2, 0.25) is 0 Å². The van der Waals surface area contributed by atoms with Crippen molar-refractivity contribution in [3.8, 4) is 0 Å². The van der Waals surface area contributed by atoms with Gasteiger partial charge in [-0.05, 0) is 45.8 Å². The predicted octanol–water partition coefficient (Wildman–Crippen LogP) is 3.60. The third-order valence-electron chi connectivity index (χ3n) is 2.09. The summed E-state index contributed by atoms with van der Waals surface area (Å²) in [4.78, 5) is 4.16. The first kappa shape index (κ1) is 11.1. The van der Waals surface area contributed by atoms with E-state index in [1.54, 1.807) is 12.3 Å². The van der Waals surface area contributed by atoms with E-state index in [9.17, 15) is 4.39 Å². The van der Waals surface area contributed by atoms with E-state index in [2.05, 4.69) is 26.2 Å².